The number of nitrogens with zero attached hydrogens (tertiary/aromatic N) is 2. The van der Waals surface area contributed by atoms with Gasteiger partial charge < -0.3 is 10.2 Å². The van der Waals surface area contributed by atoms with E-state index in [4.69, 9.17) is 0 Å². The van der Waals surface area contributed by atoms with Crippen LogP contribution < -0.4 is 5.32 Å². The van der Waals surface area contributed by atoms with Crippen molar-refractivity contribution in [2.45, 2.75) is 44.7 Å². The van der Waals surface area contributed by atoms with E-state index in [1.807, 2.05) is 51.1 Å². The zero-order valence-corrected chi connectivity index (χ0v) is 19.4. The molecule has 0 fully saturated rings. The van der Waals surface area contributed by atoms with E-state index in [-0.39, 0.29) is 23.9 Å². The largest absolute Gasteiger partial charge is 0.355 e. The van der Waals surface area contributed by atoms with E-state index in [9.17, 15) is 18.0 Å². The van der Waals surface area contributed by atoms with Gasteiger partial charge in [-0.15, -0.1) is 0 Å². The molecule has 8 heteroatoms. The van der Waals surface area contributed by atoms with Crippen molar-refractivity contribution in [2.24, 2.45) is 0 Å². The van der Waals surface area contributed by atoms with Gasteiger partial charge in [0.05, 0.1) is 11.4 Å². The Morgan fingerprint density at radius 3 is 2.16 bits per heavy atom. The number of amides is 2. The zero-order valence-electron chi connectivity index (χ0n) is 18.5. The highest BCUT2D eigenvalue weighted by Crippen LogP contribution is 2.17. The second kappa shape index (κ2) is 11.1. The SMILES string of the molecule is CCNC(=O)C(CC)N(Cc1ccccc1)C(=O)CN(C)S(=O)(=O)c1ccc(C)cc1. The molecule has 0 aliphatic heterocycles. The zero-order chi connectivity index (χ0) is 23.0. The first kappa shape index (κ1) is 24.6. The molecule has 2 aromatic rings. The fourth-order valence-corrected chi connectivity index (χ4v) is 4.37. The minimum absolute atomic E-state index is 0.124. The Kier molecular flexibility index (Phi) is 8.76. The summed E-state index contributed by atoms with van der Waals surface area (Å²) in [5.41, 5.74) is 1.81. The highest BCUT2D eigenvalue weighted by atomic mass is 32.2. The number of hydrogen-bond acceptors (Lipinski definition) is 4. The normalized spacial score (nSPS) is 12.4. The summed E-state index contributed by atoms with van der Waals surface area (Å²) in [6, 6.07) is 15.1. The van der Waals surface area contributed by atoms with Crippen molar-refractivity contribution in [3.05, 3.63) is 65.7 Å². The minimum atomic E-state index is -3.83. The lowest BCUT2D eigenvalue weighted by atomic mass is 10.1. The van der Waals surface area contributed by atoms with Crippen LogP contribution >= 0.6 is 0 Å². The molecular weight excluding hydrogens is 414 g/mol. The Morgan fingerprint density at radius 1 is 1.00 bits per heavy atom. The van der Waals surface area contributed by atoms with Gasteiger partial charge in [0.15, 0.2) is 0 Å². The van der Waals surface area contributed by atoms with Gasteiger partial charge in [-0.25, -0.2) is 8.42 Å². The maximum atomic E-state index is 13.2. The molecule has 0 aromatic heterocycles. The third kappa shape index (κ3) is 6.38. The highest BCUT2D eigenvalue weighted by molar-refractivity contribution is 7.89. The standard InChI is InChI=1S/C23H31N3O4S/c1-5-21(23(28)24-6-2)26(16-19-10-8-7-9-11-19)22(27)17-25(4)31(29,30)20-14-12-18(3)13-15-20/h7-15,21H,5-6,16-17H2,1-4H3,(H,24,28). The van der Waals surface area contributed by atoms with Gasteiger partial charge in [0.25, 0.3) is 0 Å². The van der Waals surface area contributed by atoms with Crippen LogP contribution in [0.5, 0.6) is 0 Å². The summed E-state index contributed by atoms with van der Waals surface area (Å²) in [4.78, 5) is 27.4. The van der Waals surface area contributed by atoms with Crippen LogP contribution in [-0.2, 0) is 26.2 Å². The molecule has 0 saturated carbocycles. The average Bonchev–Trinajstić information content (AvgIpc) is 2.74. The molecule has 0 saturated heterocycles. The van der Waals surface area contributed by atoms with Gasteiger partial charge in [-0.1, -0.05) is 55.0 Å². The first-order chi connectivity index (χ1) is 14.7. The van der Waals surface area contributed by atoms with Crippen LogP contribution in [0, 0.1) is 6.92 Å². The Hall–Kier alpha value is -2.71. The third-order valence-corrected chi connectivity index (χ3v) is 6.84. The van der Waals surface area contributed by atoms with E-state index in [1.165, 1.54) is 24.1 Å². The summed E-state index contributed by atoms with van der Waals surface area (Å²) in [7, 11) is -2.46. The van der Waals surface area contributed by atoms with Crippen molar-refractivity contribution < 1.29 is 18.0 Å². The quantitative estimate of drug-likeness (QED) is 0.609. The second-order valence-corrected chi connectivity index (χ2v) is 9.44. The van der Waals surface area contributed by atoms with Crippen molar-refractivity contribution in [3.8, 4) is 0 Å². The van der Waals surface area contributed by atoms with Crippen molar-refractivity contribution in [1.82, 2.24) is 14.5 Å². The van der Waals surface area contributed by atoms with Crippen LogP contribution in [0.4, 0.5) is 0 Å². The maximum Gasteiger partial charge on any atom is 0.243 e. The molecule has 0 bridgehead atoms. The highest BCUT2D eigenvalue weighted by Gasteiger charge is 2.31. The number of hydrogen-bond donors (Lipinski definition) is 1. The van der Waals surface area contributed by atoms with Gasteiger partial charge >= 0.3 is 0 Å². The van der Waals surface area contributed by atoms with E-state index in [0.717, 1.165) is 15.4 Å². The van der Waals surface area contributed by atoms with Gasteiger partial charge in [-0.2, -0.15) is 4.31 Å². The van der Waals surface area contributed by atoms with Gasteiger partial charge in [0.2, 0.25) is 21.8 Å². The number of sulfonamides is 1. The summed E-state index contributed by atoms with van der Waals surface area (Å²) in [6.07, 6.45) is 0.416. The lowest BCUT2D eigenvalue weighted by Crippen LogP contribution is -2.51. The number of likely N-dealkylation sites (N-methyl/N-ethyl adjacent to an activating group) is 2. The molecule has 0 heterocycles. The number of benzene rings is 2. The van der Waals surface area contributed by atoms with Crippen LogP contribution in [0.15, 0.2) is 59.5 Å². The molecule has 2 amide bonds. The van der Waals surface area contributed by atoms with Gasteiger partial charge in [0.1, 0.15) is 6.04 Å². The van der Waals surface area contributed by atoms with E-state index < -0.39 is 22.0 Å². The molecule has 1 unspecified atom stereocenters. The molecule has 0 radical (unpaired) electrons. The Bertz CT molecular complexity index is 976. The molecule has 7 nitrogen and oxygen atoms in total. The molecule has 0 aliphatic rings. The summed E-state index contributed by atoms with van der Waals surface area (Å²) in [6.45, 7) is 5.82. The van der Waals surface area contributed by atoms with E-state index in [0.29, 0.717) is 13.0 Å². The van der Waals surface area contributed by atoms with E-state index in [2.05, 4.69) is 5.32 Å². The van der Waals surface area contributed by atoms with Crippen LogP contribution in [0.2, 0.25) is 0 Å². The number of rotatable bonds is 10. The van der Waals surface area contributed by atoms with E-state index in [1.54, 1.807) is 12.1 Å². The molecule has 168 valence electrons. The molecular formula is C23H31N3O4S. The van der Waals surface area contributed by atoms with Gasteiger partial charge in [0, 0.05) is 20.1 Å². The van der Waals surface area contributed by atoms with Gasteiger partial charge in [-0.05, 0) is 38.0 Å². The number of carbonyl (C=O) groups is 2. The van der Waals surface area contributed by atoms with Gasteiger partial charge in [-0.3, -0.25) is 9.59 Å². The lowest BCUT2D eigenvalue weighted by molar-refractivity contribution is -0.141. The predicted octanol–water partition coefficient (Wildman–Crippen LogP) is 2.56. The van der Waals surface area contributed by atoms with Crippen molar-refractivity contribution in [1.29, 1.82) is 0 Å². The van der Waals surface area contributed by atoms with Crippen LogP contribution in [-0.4, -0.2) is 55.6 Å². The van der Waals surface area contributed by atoms with Crippen LogP contribution in [0.25, 0.3) is 0 Å². The second-order valence-electron chi connectivity index (χ2n) is 7.40. The Morgan fingerprint density at radius 2 is 1.61 bits per heavy atom. The summed E-state index contributed by atoms with van der Waals surface area (Å²) >= 11 is 0. The summed E-state index contributed by atoms with van der Waals surface area (Å²) in [5.74, 6) is -0.682. The monoisotopic (exact) mass is 445 g/mol. The first-order valence-electron chi connectivity index (χ1n) is 10.3. The van der Waals surface area contributed by atoms with Crippen LogP contribution in [0.3, 0.4) is 0 Å². The number of nitrogens with one attached hydrogen (secondary N) is 1. The summed E-state index contributed by atoms with van der Waals surface area (Å²) in [5, 5.41) is 2.77. The van der Waals surface area contributed by atoms with Crippen molar-refractivity contribution in [3.63, 3.8) is 0 Å². The maximum absolute atomic E-state index is 13.2. The Balaban J connectivity index is 2.28. The Labute approximate surface area is 185 Å². The number of aryl methyl sites for hydroxylation is 1. The third-order valence-electron chi connectivity index (χ3n) is 5.02. The molecule has 1 N–H and O–H groups in total. The number of carbonyl (C=O) groups excluding carboxylic acids is 2. The molecule has 0 spiro atoms. The smallest absolute Gasteiger partial charge is 0.243 e. The van der Waals surface area contributed by atoms with Crippen molar-refractivity contribution >= 4 is 21.8 Å². The predicted molar refractivity (Wildman–Crippen MR) is 121 cm³/mol. The molecule has 2 aromatic carbocycles. The fourth-order valence-electron chi connectivity index (χ4n) is 3.25. The van der Waals surface area contributed by atoms with Crippen LogP contribution in [0.1, 0.15) is 31.4 Å². The average molecular weight is 446 g/mol. The first-order valence-corrected chi connectivity index (χ1v) is 11.8. The lowest BCUT2D eigenvalue weighted by Gasteiger charge is -2.31. The van der Waals surface area contributed by atoms with E-state index >= 15 is 0 Å². The topological polar surface area (TPSA) is 86.8 Å². The fraction of sp³-hybridized carbons (Fsp3) is 0.391. The summed E-state index contributed by atoms with van der Waals surface area (Å²) < 4.78 is 26.9. The minimum Gasteiger partial charge on any atom is -0.355 e. The molecule has 0 aliphatic carbocycles. The molecule has 31 heavy (non-hydrogen) atoms. The molecule has 1 atom stereocenters. The molecule has 2 rings (SSSR count). The van der Waals surface area contributed by atoms with Crippen molar-refractivity contribution in [2.75, 3.05) is 20.1 Å².